The summed E-state index contributed by atoms with van der Waals surface area (Å²) in [6.07, 6.45) is 0. The Hall–Kier alpha value is -6.97. The molecule has 258 valence electrons. The Labute approximate surface area is 319 Å². The lowest BCUT2D eigenvalue weighted by Gasteiger charge is -2.23. The van der Waals surface area contributed by atoms with Gasteiger partial charge in [0.1, 0.15) is 0 Å². The van der Waals surface area contributed by atoms with Gasteiger partial charge in [0, 0.05) is 22.1 Å². The van der Waals surface area contributed by atoms with Crippen molar-refractivity contribution in [1.29, 1.82) is 0 Å². The van der Waals surface area contributed by atoms with Gasteiger partial charge in [-0.2, -0.15) is 0 Å². The fourth-order valence-electron chi connectivity index (χ4n) is 8.83. The van der Waals surface area contributed by atoms with Crippen LogP contribution in [0.15, 0.2) is 176 Å². The molecular formula is C52H35N3. The highest BCUT2D eigenvalue weighted by atomic mass is 15.0. The minimum atomic E-state index is -0.228. The van der Waals surface area contributed by atoms with Crippen LogP contribution in [-0.4, -0.2) is 15.0 Å². The van der Waals surface area contributed by atoms with Crippen molar-refractivity contribution < 1.29 is 0 Å². The lowest BCUT2D eigenvalue weighted by atomic mass is 9.80. The Kier molecular flexibility index (Phi) is 6.90. The van der Waals surface area contributed by atoms with E-state index in [1.807, 2.05) is 36.4 Å². The number of rotatable bonds is 5. The minimum absolute atomic E-state index is 0.228. The van der Waals surface area contributed by atoms with Gasteiger partial charge < -0.3 is 0 Å². The number of benzene rings is 9. The van der Waals surface area contributed by atoms with Crippen LogP contribution in [0.25, 0.3) is 99.5 Å². The third-order valence-corrected chi connectivity index (χ3v) is 11.6. The number of fused-ring (bicyclic) bond motifs is 3. The number of nitrogens with zero attached hydrogens (tertiary/aromatic N) is 3. The lowest BCUT2D eigenvalue weighted by Crippen LogP contribution is -2.15. The van der Waals surface area contributed by atoms with Crippen LogP contribution >= 0.6 is 0 Å². The lowest BCUT2D eigenvalue weighted by molar-refractivity contribution is 0.663. The predicted molar refractivity (Wildman–Crippen MR) is 229 cm³/mol. The molecule has 0 N–H and O–H groups in total. The molecule has 0 aliphatic heterocycles. The summed E-state index contributed by atoms with van der Waals surface area (Å²) < 4.78 is 0. The van der Waals surface area contributed by atoms with E-state index in [-0.39, 0.29) is 5.41 Å². The summed E-state index contributed by atoms with van der Waals surface area (Å²) in [6, 6.07) is 63.2. The largest absolute Gasteiger partial charge is 0.208 e. The van der Waals surface area contributed by atoms with Crippen molar-refractivity contribution in [2.24, 2.45) is 0 Å². The van der Waals surface area contributed by atoms with Gasteiger partial charge in [0.2, 0.25) is 0 Å². The number of hydrogen-bond donors (Lipinski definition) is 0. The molecule has 0 bridgehead atoms. The Morgan fingerprint density at radius 3 is 1.42 bits per heavy atom. The second-order valence-electron chi connectivity index (χ2n) is 15.2. The molecule has 3 heteroatoms. The molecule has 9 aromatic carbocycles. The van der Waals surface area contributed by atoms with Crippen LogP contribution < -0.4 is 0 Å². The van der Waals surface area contributed by atoms with Crippen molar-refractivity contribution in [3.8, 4) is 56.4 Å². The van der Waals surface area contributed by atoms with Crippen molar-refractivity contribution >= 4 is 43.1 Å². The first-order valence-corrected chi connectivity index (χ1v) is 18.9. The zero-order valence-corrected chi connectivity index (χ0v) is 30.6. The maximum Gasteiger partial charge on any atom is 0.164 e. The molecule has 0 unspecified atom stereocenters. The van der Waals surface area contributed by atoms with Gasteiger partial charge in [-0.05, 0) is 107 Å². The molecule has 10 aromatic rings. The molecule has 55 heavy (non-hydrogen) atoms. The Balaban J connectivity index is 1.01. The molecule has 3 nitrogen and oxygen atoms in total. The van der Waals surface area contributed by atoms with E-state index in [4.69, 9.17) is 15.0 Å². The first-order valence-electron chi connectivity index (χ1n) is 18.9. The van der Waals surface area contributed by atoms with Crippen molar-refractivity contribution in [2.45, 2.75) is 19.3 Å². The summed E-state index contributed by atoms with van der Waals surface area (Å²) in [6.45, 7) is 4.71. The minimum Gasteiger partial charge on any atom is -0.208 e. The zero-order chi connectivity index (χ0) is 36.7. The van der Waals surface area contributed by atoms with E-state index in [1.165, 1.54) is 76.5 Å². The van der Waals surface area contributed by atoms with E-state index in [0.717, 1.165) is 16.7 Å². The van der Waals surface area contributed by atoms with Crippen LogP contribution in [0.5, 0.6) is 0 Å². The monoisotopic (exact) mass is 701 g/mol. The third-order valence-electron chi connectivity index (χ3n) is 11.6. The van der Waals surface area contributed by atoms with Gasteiger partial charge in [0.05, 0.1) is 0 Å². The fraction of sp³-hybridized carbons (Fsp3) is 0.0577. The van der Waals surface area contributed by atoms with E-state index in [9.17, 15) is 0 Å². The second kappa shape index (κ2) is 12.0. The van der Waals surface area contributed by atoms with Gasteiger partial charge >= 0.3 is 0 Å². The molecule has 1 aliphatic rings. The Morgan fingerprint density at radius 1 is 0.327 bits per heavy atom. The Bertz CT molecular complexity index is 3090. The van der Waals surface area contributed by atoms with Gasteiger partial charge in [-0.25, -0.2) is 15.0 Å². The third kappa shape index (κ3) is 5.01. The van der Waals surface area contributed by atoms with Gasteiger partial charge in [-0.15, -0.1) is 0 Å². The standard InChI is InChI=1S/C52H35N3/c1-52(2)45-30-39(32-21-23-33(24-22-32)44-29-36-17-9-10-18-41(36)42-19-11-12-20-43(42)44)27-37-25-26-38-28-40(31-46(52)48(38)47(37)45)51-54-49(34-13-5-3-6-14-34)53-50(55-51)35-15-7-4-8-16-35/h3-31H,1-2H3. The maximum atomic E-state index is 5.08. The molecule has 0 atom stereocenters. The number of aromatic nitrogens is 3. The Morgan fingerprint density at radius 2 is 0.800 bits per heavy atom. The molecule has 0 radical (unpaired) electrons. The predicted octanol–water partition coefficient (Wildman–Crippen LogP) is 13.5. The summed E-state index contributed by atoms with van der Waals surface area (Å²) in [5, 5.41) is 10.3. The smallest absolute Gasteiger partial charge is 0.164 e. The maximum absolute atomic E-state index is 5.08. The first kappa shape index (κ1) is 31.5. The fourth-order valence-corrected chi connectivity index (χ4v) is 8.83. The molecule has 0 fully saturated rings. The van der Waals surface area contributed by atoms with Crippen molar-refractivity contribution in [2.75, 3.05) is 0 Å². The highest BCUT2D eigenvalue weighted by Crippen LogP contribution is 2.51. The van der Waals surface area contributed by atoms with Crippen LogP contribution in [0.3, 0.4) is 0 Å². The summed E-state index contributed by atoms with van der Waals surface area (Å²) >= 11 is 0. The summed E-state index contributed by atoms with van der Waals surface area (Å²) in [4.78, 5) is 15.1. The van der Waals surface area contributed by atoms with Gasteiger partial charge in [0.25, 0.3) is 0 Å². The van der Waals surface area contributed by atoms with Crippen LogP contribution in [0.2, 0.25) is 0 Å². The highest BCUT2D eigenvalue weighted by molar-refractivity contribution is 6.17. The molecule has 1 heterocycles. The van der Waals surface area contributed by atoms with Crippen LogP contribution in [-0.2, 0) is 5.41 Å². The van der Waals surface area contributed by atoms with E-state index >= 15 is 0 Å². The average molecular weight is 702 g/mol. The van der Waals surface area contributed by atoms with E-state index in [2.05, 4.69) is 153 Å². The molecular weight excluding hydrogens is 667 g/mol. The van der Waals surface area contributed by atoms with Crippen LogP contribution in [0.1, 0.15) is 25.0 Å². The summed E-state index contributed by atoms with van der Waals surface area (Å²) in [5.41, 5.74) is 10.3. The molecule has 0 saturated heterocycles. The topological polar surface area (TPSA) is 38.7 Å². The van der Waals surface area contributed by atoms with E-state index in [0.29, 0.717) is 17.5 Å². The first-order chi connectivity index (χ1) is 27.0. The zero-order valence-electron chi connectivity index (χ0n) is 30.6. The molecule has 1 aromatic heterocycles. The second-order valence-corrected chi connectivity index (χ2v) is 15.2. The van der Waals surface area contributed by atoms with Crippen molar-refractivity contribution in [1.82, 2.24) is 15.0 Å². The SMILES string of the molecule is CC1(C)c2cc(-c3ccc(-c4cc5ccccc5c5ccccc45)cc3)cc3ccc4cc(-c5nc(-c6ccccc6)nc(-c6ccccc6)n5)cc1c4c23. The summed E-state index contributed by atoms with van der Waals surface area (Å²) in [5.74, 6) is 2.02. The van der Waals surface area contributed by atoms with E-state index in [1.54, 1.807) is 0 Å². The number of hydrogen-bond acceptors (Lipinski definition) is 3. The summed E-state index contributed by atoms with van der Waals surface area (Å²) in [7, 11) is 0. The average Bonchev–Trinajstić information content (AvgIpc) is 3.48. The highest BCUT2D eigenvalue weighted by Gasteiger charge is 2.35. The molecule has 0 spiro atoms. The normalized spacial score (nSPS) is 13.1. The molecule has 1 aliphatic carbocycles. The molecule has 0 saturated carbocycles. The van der Waals surface area contributed by atoms with Gasteiger partial charge in [-0.1, -0.05) is 159 Å². The van der Waals surface area contributed by atoms with Crippen molar-refractivity contribution in [3.63, 3.8) is 0 Å². The molecule has 11 rings (SSSR count). The van der Waals surface area contributed by atoms with E-state index < -0.39 is 0 Å². The van der Waals surface area contributed by atoms with Crippen molar-refractivity contribution in [3.05, 3.63) is 187 Å². The molecule has 0 amide bonds. The van der Waals surface area contributed by atoms with Gasteiger partial charge in [0.15, 0.2) is 17.5 Å². The van der Waals surface area contributed by atoms with Crippen LogP contribution in [0.4, 0.5) is 0 Å². The van der Waals surface area contributed by atoms with Gasteiger partial charge in [-0.3, -0.25) is 0 Å². The quantitative estimate of drug-likeness (QED) is 0.168. The van der Waals surface area contributed by atoms with Crippen LogP contribution in [0, 0.1) is 0 Å².